The molecule has 1 aromatic heterocycles. The van der Waals surface area contributed by atoms with Gasteiger partial charge in [-0.05, 0) is 30.3 Å². The van der Waals surface area contributed by atoms with Gasteiger partial charge in [0.15, 0.2) is 15.0 Å². The number of halogens is 1. The highest BCUT2D eigenvalue weighted by Gasteiger charge is 2.27. The number of hydrogen-bond acceptors (Lipinski definition) is 7. The first-order valence-corrected chi connectivity index (χ1v) is 13.2. The summed E-state index contributed by atoms with van der Waals surface area (Å²) in [5, 5.41) is 1.11. The SMILES string of the molecule is CCS(=O)(=O)c1ccccc1C(=O)N(CCN1CCOCC1)c1nc2ccc(Cl)cc2s1. The van der Waals surface area contributed by atoms with Gasteiger partial charge in [-0.3, -0.25) is 14.6 Å². The fraction of sp³-hybridized carbons (Fsp3) is 0.364. The van der Waals surface area contributed by atoms with Gasteiger partial charge in [0.1, 0.15) is 0 Å². The molecule has 1 fully saturated rings. The zero-order chi connectivity index (χ0) is 22.7. The van der Waals surface area contributed by atoms with Crippen LogP contribution in [0.15, 0.2) is 47.4 Å². The minimum atomic E-state index is -3.56. The molecule has 0 N–H and O–H groups in total. The Bertz CT molecular complexity index is 1220. The first-order valence-electron chi connectivity index (χ1n) is 10.4. The molecule has 170 valence electrons. The summed E-state index contributed by atoms with van der Waals surface area (Å²) >= 11 is 7.49. The Hall–Kier alpha value is -2.04. The molecular weight excluding hydrogens is 470 g/mol. The molecule has 0 saturated carbocycles. The third kappa shape index (κ3) is 4.97. The molecule has 0 aliphatic carbocycles. The van der Waals surface area contributed by atoms with Crippen molar-refractivity contribution in [3.05, 3.63) is 53.1 Å². The van der Waals surface area contributed by atoms with E-state index in [1.807, 2.05) is 12.1 Å². The van der Waals surface area contributed by atoms with Crippen molar-refractivity contribution < 1.29 is 17.9 Å². The van der Waals surface area contributed by atoms with Gasteiger partial charge in [-0.2, -0.15) is 0 Å². The van der Waals surface area contributed by atoms with Crippen molar-refractivity contribution in [1.29, 1.82) is 0 Å². The monoisotopic (exact) mass is 493 g/mol. The van der Waals surface area contributed by atoms with Crippen molar-refractivity contribution in [2.24, 2.45) is 0 Å². The van der Waals surface area contributed by atoms with Crippen LogP contribution < -0.4 is 4.90 Å². The van der Waals surface area contributed by atoms with Crippen molar-refractivity contribution in [2.45, 2.75) is 11.8 Å². The summed E-state index contributed by atoms with van der Waals surface area (Å²) in [6.45, 7) is 5.48. The second kappa shape index (κ2) is 9.84. The van der Waals surface area contributed by atoms with Gasteiger partial charge in [0.05, 0.1) is 39.6 Å². The summed E-state index contributed by atoms with van der Waals surface area (Å²) in [7, 11) is -3.56. The van der Waals surface area contributed by atoms with Gasteiger partial charge in [-0.1, -0.05) is 42.0 Å². The van der Waals surface area contributed by atoms with Gasteiger partial charge in [-0.25, -0.2) is 13.4 Å². The number of sulfone groups is 1. The standard InChI is InChI=1S/C22H24ClN3O4S2/c1-2-32(28,29)20-6-4-3-5-17(20)21(27)26(10-9-25-11-13-30-14-12-25)22-24-18-8-7-16(23)15-19(18)31-22/h3-8,15H,2,9-14H2,1H3. The third-order valence-electron chi connectivity index (χ3n) is 5.39. The molecule has 3 aromatic rings. The fourth-order valence-corrected chi connectivity index (χ4v) is 5.92. The van der Waals surface area contributed by atoms with Crippen molar-refractivity contribution in [1.82, 2.24) is 9.88 Å². The Kier molecular flexibility index (Phi) is 7.11. The predicted octanol–water partition coefficient (Wildman–Crippen LogP) is 3.72. The number of morpholine rings is 1. The zero-order valence-electron chi connectivity index (χ0n) is 17.7. The lowest BCUT2D eigenvalue weighted by Crippen LogP contribution is -2.43. The number of nitrogens with zero attached hydrogens (tertiary/aromatic N) is 3. The van der Waals surface area contributed by atoms with Gasteiger partial charge in [0.25, 0.3) is 5.91 Å². The molecule has 1 saturated heterocycles. The highest BCUT2D eigenvalue weighted by atomic mass is 35.5. The molecule has 0 bridgehead atoms. The quantitative estimate of drug-likeness (QED) is 0.499. The maximum atomic E-state index is 13.7. The highest BCUT2D eigenvalue weighted by Crippen LogP contribution is 2.32. The van der Waals surface area contributed by atoms with Crippen LogP contribution >= 0.6 is 22.9 Å². The zero-order valence-corrected chi connectivity index (χ0v) is 20.0. The molecule has 0 radical (unpaired) electrons. The van der Waals surface area contributed by atoms with E-state index in [4.69, 9.17) is 16.3 Å². The lowest BCUT2D eigenvalue weighted by molar-refractivity contribution is 0.0391. The van der Waals surface area contributed by atoms with Crippen molar-refractivity contribution in [2.75, 3.05) is 50.0 Å². The molecule has 2 heterocycles. The summed E-state index contributed by atoms with van der Waals surface area (Å²) in [6, 6.07) is 11.8. The van der Waals surface area contributed by atoms with E-state index in [1.54, 1.807) is 36.1 Å². The number of thiazole rings is 1. The average molecular weight is 494 g/mol. The molecule has 32 heavy (non-hydrogen) atoms. The number of amides is 1. The number of hydrogen-bond donors (Lipinski definition) is 0. The average Bonchev–Trinajstić information content (AvgIpc) is 3.22. The minimum absolute atomic E-state index is 0.0491. The lowest BCUT2D eigenvalue weighted by atomic mass is 10.2. The largest absolute Gasteiger partial charge is 0.379 e. The van der Waals surface area contributed by atoms with Crippen LogP contribution in [0.25, 0.3) is 10.2 Å². The third-order valence-corrected chi connectivity index (χ3v) is 8.45. The van der Waals surface area contributed by atoms with E-state index < -0.39 is 9.84 Å². The maximum Gasteiger partial charge on any atom is 0.261 e. The van der Waals surface area contributed by atoms with Gasteiger partial charge in [-0.15, -0.1) is 0 Å². The second-order valence-electron chi connectivity index (χ2n) is 7.42. The van der Waals surface area contributed by atoms with E-state index in [9.17, 15) is 13.2 Å². The van der Waals surface area contributed by atoms with Crippen LogP contribution in [0.2, 0.25) is 5.02 Å². The fourth-order valence-electron chi connectivity index (χ4n) is 3.57. The van der Waals surface area contributed by atoms with E-state index in [-0.39, 0.29) is 22.1 Å². The molecule has 0 spiro atoms. The first-order chi connectivity index (χ1) is 15.4. The van der Waals surface area contributed by atoms with Crippen LogP contribution in [-0.4, -0.2) is 69.4 Å². The van der Waals surface area contributed by atoms with Crippen LogP contribution in [0.1, 0.15) is 17.3 Å². The van der Waals surface area contributed by atoms with Crippen molar-refractivity contribution in [3.63, 3.8) is 0 Å². The number of ether oxygens (including phenoxy) is 1. The molecule has 1 amide bonds. The van der Waals surface area contributed by atoms with Crippen molar-refractivity contribution >= 4 is 54.0 Å². The number of anilines is 1. The van der Waals surface area contributed by atoms with Crippen LogP contribution in [0.4, 0.5) is 5.13 Å². The second-order valence-corrected chi connectivity index (χ2v) is 11.1. The maximum absolute atomic E-state index is 13.7. The number of carbonyl (C=O) groups is 1. The number of fused-ring (bicyclic) bond motifs is 1. The molecule has 7 nitrogen and oxygen atoms in total. The van der Waals surface area contributed by atoms with Crippen molar-refractivity contribution in [3.8, 4) is 0 Å². The number of benzene rings is 2. The molecule has 10 heteroatoms. The number of aromatic nitrogens is 1. The van der Waals surface area contributed by atoms with Crippen LogP contribution in [0, 0.1) is 0 Å². The molecule has 0 atom stereocenters. The minimum Gasteiger partial charge on any atom is -0.379 e. The Morgan fingerprint density at radius 3 is 2.72 bits per heavy atom. The number of carbonyl (C=O) groups excluding carboxylic acids is 1. The smallest absolute Gasteiger partial charge is 0.261 e. The molecule has 0 unspecified atom stereocenters. The van der Waals surface area contributed by atoms with Crippen LogP contribution in [-0.2, 0) is 14.6 Å². The van der Waals surface area contributed by atoms with E-state index in [0.29, 0.717) is 36.5 Å². The van der Waals surface area contributed by atoms with Gasteiger partial charge in [0.2, 0.25) is 0 Å². The van der Waals surface area contributed by atoms with Gasteiger partial charge < -0.3 is 4.74 Å². The summed E-state index contributed by atoms with van der Waals surface area (Å²) in [5.41, 5.74) is 0.904. The lowest BCUT2D eigenvalue weighted by Gasteiger charge is -2.29. The Morgan fingerprint density at radius 1 is 1.22 bits per heavy atom. The summed E-state index contributed by atoms with van der Waals surface area (Å²) < 4.78 is 31.6. The molecule has 4 rings (SSSR count). The number of rotatable bonds is 7. The van der Waals surface area contributed by atoms with E-state index in [2.05, 4.69) is 9.88 Å². The Labute approximate surface area is 196 Å². The Balaban J connectivity index is 1.72. The first kappa shape index (κ1) is 23.1. The molecular formula is C22H24ClN3O4S2. The van der Waals surface area contributed by atoms with Gasteiger partial charge in [0, 0.05) is 31.2 Å². The van der Waals surface area contributed by atoms with Gasteiger partial charge >= 0.3 is 0 Å². The summed E-state index contributed by atoms with van der Waals surface area (Å²) in [4.78, 5) is 22.2. The molecule has 1 aliphatic rings. The Morgan fingerprint density at radius 2 is 1.97 bits per heavy atom. The van der Waals surface area contributed by atoms with Crippen LogP contribution in [0.5, 0.6) is 0 Å². The molecule has 1 aliphatic heterocycles. The summed E-state index contributed by atoms with van der Waals surface area (Å²) in [6.07, 6.45) is 0. The van der Waals surface area contributed by atoms with E-state index in [0.717, 1.165) is 23.3 Å². The predicted molar refractivity (Wildman–Crippen MR) is 128 cm³/mol. The molecule has 2 aromatic carbocycles. The summed E-state index contributed by atoms with van der Waals surface area (Å²) in [5.74, 6) is -0.457. The topological polar surface area (TPSA) is 79.8 Å². The van der Waals surface area contributed by atoms with E-state index >= 15 is 0 Å². The van der Waals surface area contributed by atoms with E-state index in [1.165, 1.54) is 17.4 Å². The van der Waals surface area contributed by atoms with Crippen LogP contribution in [0.3, 0.4) is 0 Å². The normalized spacial score (nSPS) is 15.2. The highest BCUT2D eigenvalue weighted by molar-refractivity contribution is 7.91.